The van der Waals surface area contributed by atoms with E-state index in [1.165, 1.54) is 24.3 Å². The van der Waals surface area contributed by atoms with Crippen molar-refractivity contribution in [2.75, 3.05) is 0 Å². The molecule has 118 valence electrons. The number of hydrogen-bond acceptors (Lipinski definition) is 2. The Morgan fingerprint density at radius 2 is 1.82 bits per heavy atom. The first kappa shape index (κ1) is 16.5. The molecule has 0 saturated carbocycles. The molecule has 2 rings (SSSR count). The molecule has 0 spiro atoms. The summed E-state index contributed by atoms with van der Waals surface area (Å²) in [6, 6.07) is 12.0. The zero-order valence-electron chi connectivity index (χ0n) is 11.8. The van der Waals surface area contributed by atoms with Crippen LogP contribution in [0.25, 0.3) is 0 Å². The molecule has 6 heteroatoms. The van der Waals surface area contributed by atoms with E-state index in [1.807, 2.05) is 0 Å². The van der Waals surface area contributed by atoms with Gasteiger partial charge in [0.25, 0.3) is 0 Å². The molecule has 2 nitrogen and oxygen atoms in total. The molecule has 0 fully saturated rings. The number of halogens is 3. The molecular weight excluding hydrogens is 313 g/mol. The number of rotatable bonds is 6. The monoisotopic (exact) mass is 328 g/mol. The van der Waals surface area contributed by atoms with Gasteiger partial charge in [-0.1, -0.05) is 24.3 Å². The molecule has 0 aliphatic rings. The molecule has 22 heavy (non-hydrogen) atoms. The molecule has 0 bridgehead atoms. The Labute approximate surface area is 129 Å². The Morgan fingerprint density at radius 3 is 2.45 bits per heavy atom. The summed E-state index contributed by atoms with van der Waals surface area (Å²) < 4.78 is 53.9. The zero-order valence-corrected chi connectivity index (χ0v) is 12.7. The predicted octanol–water partition coefficient (Wildman–Crippen LogP) is 4.44. The van der Waals surface area contributed by atoms with Crippen molar-refractivity contribution in [1.82, 2.24) is 0 Å². The normalized spacial score (nSPS) is 13.9. The Kier molecular flexibility index (Phi) is 5.60. The summed E-state index contributed by atoms with van der Waals surface area (Å²) in [4.78, 5) is 0. The average Bonchev–Trinajstić information content (AvgIpc) is 2.47. The molecule has 0 unspecified atom stereocenters. The van der Waals surface area contributed by atoms with Crippen molar-refractivity contribution in [1.29, 1.82) is 0 Å². The molecule has 0 aliphatic carbocycles. The van der Waals surface area contributed by atoms with Crippen LogP contribution in [0.4, 0.5) is 13.2 Å². The van der Waals surface area contributed by atoms with Crippen molar-refractivity contribution in [3.05, 3.63) is 65.5 Å². The number of hydrogen-bond donors (Lipinski definition) is 0. The second-order valence-corrected chi connectivity index (χ2v) is 6.50. The van der Waals surface area contributed by atoms with Gasteiger partial charge < -0.3 is 4.74 Å². The molecule has 0 saturated heterocycles. The van der Waals surface area contributed by atoms with Crippen LogP contribution in [0.3, 0.4) is 0 Å². The number of ether oxygens (including phenoxy) is 1. The van der Waals surface area contributed by atoms with E-state index in [9.17, 15) is 17.4 Å². The summed E-state index contributed by atoms with van der Waals surface area (Å²) in [5.74, 6) is -0.101. The van der Waals surface area contributed by atoms with Gasteiger partial charge in [-0.3, -0.25) is 4.21 Å². The molecule has 0 amide bonds. The second-order valence-electron chi connectivity index (χ2n) is 4.74. The molecule has 2 atom stereocenters. The van der Waals surface area contributed by atoms with E-state index in [1.54, 1.807) is 31.2 Å². The smallest absolute Gasteiger partial charge is 0.387 e. The highest BCUT2D eigenvalue weighted by molar-refractivity contribution is 7.84. The Hall–Kier alpha value is -1.82. The molecule has 0 aromatic heterocycles. The molecule has 0 heterocycles. The van der Waals surface area contributed by atoms with Gasteiger partial charge >= 0.3 is 6.61 Å². The van der Waals surface area contributed by atoms with E-state index >= 15 is 0 Å². The zero-order chi connectivity index (χ0) is 16.1. The van der Waals surface area contributed by atoms with Crippen LogP contribution in [0, 0.1) is 5.82 Å². The highest BCUT2D eigenvalue weighted by atomic mass is 32.2. The number of benzene rings is 2. The highest BCUT2D eigenvalue weighted by Crippen LogP contribution is 2.24. The SMILES string of the molecule is C[C@@H](c1ccc(F)cc1)[S@@](=O)Cc1cccc(OC(F)F)c1. The average molecular weight is 328 g/mol. The van der Waals surface area contributed by atoms with Crippen molar-refractivity contribution in [3.8, 4) is 5.75 Å². The summed E-state index contributed by atoms with van der Waals surface area (Å²) in [5, 5.41) is -0.291. The fraction of sp³-hybridized carbons (Fsp3) is 0.250. The minimum Gasteiger partial charge on any atom is -0.435 e. The van der Waals surface area contributed by atoms with E-state index in [0.29, 0.717) is 5.56 Å². The first-order valence-corrected chi connectivity index (χ1v) is 8.00. The molecule has 0 radical (unpaired) electrons. The Morgan fingerprint density at radius 1 is 1.14 bits per heavy atom. The predicted molar refractivity (Wildman–Crippen MR) is 79.7 cm³/mol. The van der Waals surface area contributed by atoms with Crippen molar-refractivity contribution in [2.45, 2.75) is 24.5 Å². The van der Waals surface area contributed by atoms with Crippen molar-refractivity contribution < 1.29 is 22.1 Å². The van der Waals surface area contributed by atoms with Gasteiger partial charge in [-0.15, -0.1) is 0 Å². The quantitative estimate of drug-likeness (QED) is 0.784. The summed E-state index contributed by atoms with van der Waals surface area (Å²) in [5.41, 5.74) is 1.41. The van der Waals surface area contributed by atoms with Gasteiger partial charge in [0.15, 0.2) is 0 Å². The minimum absolute atomic E-state index is 0.0407. The van der Waals surface area contributed by atoms with Crippen LogP contribution in [0.2, 0.25) is 0 Å². The van der Waals surface area contributed by atoms with Crippen LogP contribution < -0.4 is 4.74 Å². The molecule has 2 aromatic rings. The minimum atomic E-state index is -2.89. The van der Waals surface area contributed by atoms with Gasteiger partial charge in [0.1, 0.15) is 11.6 Å². The van der Waals surface area contributed by atoms with E-state index in [-0.39, 0.29) is 22.6 Å². The third-order valence-corrected chi connectivity index (χ3v) is 4.84. The van der Waals surface area contributed by atoms with Crippen LogP contribution in [0.15, 0.2) is 48.5 Å². The third kappa shape index (κ3) is 4.59. The lowest BCUT2D eigenvalue weighted by Crippen LogP contribution is -2.06. The largest absolute Gasteiger partial charge is 0.435 e. The maximum atomic E-state index is 12.9. The summed E-state index contributed by atoms with van der Waals surface area (Å²) in [6.45, 7) is -1.11. The summed E-state index contributed by atoms with van der Waals surface area (Å²) in [7, 11) is -1.26. The molecular formula is C16H15F3O2S. The lowest BCUT2D eigenvalue weighted by Gasteiger charge is -2.12. The van der Waals surface area contributed by atoms with Gasteiger partial charge in [0.05, 0.1) is 5.25 Å². The van der Waals surface area contributed by atoms with Crippen LogP contribution >= 0.6 is 0 Å². The standard InChI is InChI=1S/C16H15F3O2S/c1-11(13-5-7-14(17)8-6-13)22(20)10-12-3-2-4-15(9-12)21-16(18)19/h2-9,11,16H,10H2,1H3/t11-,22-/m0/s1. The lowest BCUT2D eigenvalue weighted by atomic mass is 10.2. The molecule has 0 aliphatic heterocycles. The van der Waals surface area contributed by atoms with Gasteiger partial charge in [-0.25, -0.2) is 4.39 Å². The second kappa shape index (κ2) is 7.45. The number of alkyl halides is 2. The Bertz CT molecular complexity index is 644. The first-order valence-electron chi connectivity index (χ1n) is 6.62. The van der Waals surface area contributed by atoms with Crippen molar-refractivity contribution in [2.24, 2.45) is 0 Å². The lowest BCUT2D eigenvalue weighted by molar-refractivity contribution is -0.0498. The Balaban J connectivity index is 2.06. The van der Waals surface area contributed by atoms with Gasteiger partial charge in [0.2, 0.25) is 0 Å². The highest BCUT2D eigenvalue weighted by Gasteiger charge is 2.15. The van der Waals surface area contributed by atoms with Crippen LogP contribution in [-0.4, -0.2) is 10.8 Å². The van der Waals surface area contributed by atoms with Gasteiger partial charge in [-0.05, 0) is 42.3 Å². The van der Waals surface area contributed by atoms with Gasteiger partial charge in [-0.2, -0.15) is 8.78 Å². The fourth-order valence-electron chi connectivity index (χ4n) is 1.99. The van der Waals surface area contributed by atoms with Crippen molar-refractivity contribution in [3.63, 3.8) is 0 Å². The van der Waals surface area contributed by atoms with Crippen LogP contribution in [0.1, 0.15) is 23.3 Å². The molecule has 2 aromatic carbocycles. The third-order valence-electron chi connectivity index (χ3n) is 3.17. The summed E-state index contributed by atoms with van der Waals surface area (Å²) >= 11 is 0. The van der Waals surface area contributed by atoms with E-state index < -0.39 is 17.4 Å². The summed E-state index contributed by atoms with van der Waals surface area (Å²) in [6.07, 6.45) is 0. The van der Waals surface area contributed by atoms with Crippen molar-refractivity contribution >= 4 is 10.8 Å². The fourth-order valence-corrected chi connectivity index (χ4v) is 3.21. The molecule has 0 N–H and O–H groups in total. The van der Waals surface area contributed by atoms with E-state index in [2.05, 4.69) is 4.74 Å². The van der Waals surface area contributed by atoms with Crippen LogP contribution in [-0.2, 0) is 16.6 Å². The van der Waals surface area contributed by atoms with E-state index in [0.717, 1.165) is 5.56 Å². The first-order chi connectivity index (χ1) is 10.5. The maximum Gasteiger partial charge on any atom is 0.387 e. The topological polar surface area (TPSA) is 26.3 Å². The maximum absolute atomic E-state index is 12.9. The van der Waals surface area contributed by atoms with Crippen LogP contribution in [0.5, 0.6) is 5.75 Å². The van der Waals surface area contributed by atoms with E-state index in [4.69, 9.17) is 0 Å². The van der Waals surface area contributed by atoms with Gasteiger partial charge in [0, 0.05) is 16.6 Å².